The second kappa shape index (κ2) is 7.90. The standard InChI is InChI=1S/C21H16BrNO2/c22-19-5-1-3-17(13-19)15-23-11-9-16(10-12-23)7-8-21(25)18-4-2-6-20(24)14-18/h1-14H,15H2/p+1/b8-7+. The number of benzene rings is 2. The smallest absolute Gasteiger partial charge is 0.185 e. The third-order valence-electron chi connectivity index (χ3n) is 3.73. The first-order valence-corrected chi connectivity index (χ1v) is 8.64. The number of phenolic OH excluding ortho intramolecular Hbond substituents is 1. The minimum Gasteiger partial charge on any atom is -0.508 e. The van der Waals surface area contributed by atoms with Crippen LogP contribution in [0.25, 0.3) is 6.08 Å². The highest BCUT2D eigenvalue weighted by Crippen LogP contribution is 2.13. The predicted molar refractivity (Wildman–Crippen MR) is 101 cm³/mol. The summed E-state index contributed by atoms with van der Waals surface area (Å²) in [5.41, 5.74) is 2.62. The molecule has 0 radical (unpaired) electrons. The van der Waals surface area contributed by atoms with Gasteiger partial charge in [0.15, 0.2) is 24.7 Å². The third kappa shape index (κ3) is 4.88. The van der Waals surface area contributed by atoms with Crippen LogP contribution in [0.5, 0.6) is 5.75 Å². The van der Waals surface area contributed by atoms with Crippen molar-refractivity contribution in [2.24, 2.45) is 0 Å². The van der Waals surface area contributed by atoms with Gasteiger partial charge in [0.05, 0.1) is 0 Å². The highest BCUT2D eigenvalue weighted by molar-refractivity contribution is 9.10. The van der Waals surface area contributed by atoms with E-state index >= 15 is 0 Å². The van der Waals surface area contributed by atoms with Gasteiger partial charge in [-0.05, 0) is 35.9 Å². The molecule has 0 aliphatic rings. The zero-order valence-corrected chi connectivity index (χ0v) is 15.1. The maximum Gasteiger partial charge on any atom is 0.185 e. The molecule has 3 aromatic rings. The summed E-state index contributed by atoms with van der Waals surface area (Å²) in [5, 5.41) is 9.43. The number of halogens is 1. The number of carbonyl (C=O) groups excluding carboxylic acids is 1. The van der Waals surface area contributed by atoms with E-state index in [1.165, 1.54) is 17.7 Å². The number of allylic oxidation sites excluding steroid dienone is 1. The molecule has 0 aliphatic carbocycles. The molecular weight excluding hydrogens is 378 g/mol. The molecule has 0 saturated heterocycles. The SMILES string of the molecule is O=C(/C=C/c1cc[n+](Cc2cccc(Br)c2)cc1)c1cccc(O)c1. The molecule has 124 valence electrons. The van der Waals surface area contributed by atoms with Crippen LogP contribution >= 0.6 is 15.9 Å². The lowest BCUT2D eigenvalue weighted by molar-refractivity contribution is -0.688. The van der Waals surface area contributed by atoms with Gasteiger partial charge < -0.3 is 5.11 Å². The van der Waals surface area contributed by atoms with Crippen molar-refractivity contribution in [1.82, 2.24) is 0 Å². The zero-order chi connectivity index (χ0) is 17.6. The number of pyridine rings is 1. The van der Waals surface area contributed by atoms with Gasteiger partial charge in [-0.3, -0.25) is 4.79 Å². The van der Waals surface area contributed by atoms with E-state index in [1.54, 1.807) is 24.3 Å². The number of hydrogen-bond donors (Lipinski definition) is 1. The fraction of sp³-hybridized carbons (Fsp3) is 0.0476. The molecule has 2 aromatic carbocycles. The molecule has 0 saturated carbocycles. The number of ketones is 1. The van der Waals surface area contributed by atoms with Crippen molar-refractivity contribution in [3.8, 4) is 5.75 Å². The molecule has 4 heteroatoms. The number of phenols is 1. The summed E-state index contributed by atoms with van der Waals surface area (Å²) >= 11 is 3.48. The minimum atomic E-state index is -0.137. The maximum absolute atomic E-state index is 12.1. The minimum absolute atomic E-state index is 0.0903. The number of carbonyl (C=O) groups is 1. The summed E-state index contributed by atoms with van der Waals surface area (Å²) in [6.45, 7) is 0.783. The Hall–Kier alpha value is -2.72. The van der Waals surface area contributed by atoms with Gasteiger partial charge in [0, 0.05) is 27.7 Å². The first-order valence-electron chi connectivity index (χ1n) is 7.85. The second-order valence-electron chi connectivity index (χ2n) is 5.68. The van der Waals surface area contributed by atoms with Gasteiger partial charge in [-0.25, -0.2) is 4.57 Å². The lowest BCUT2D eigenvalue weighted by atomic mass is 10.1. The molecule has 3 nitrogen and oxygen atoms in total. The predicted octanol–water partition coefficient (Wildman–Crippen LogP) is 4.39. The van der Waals surface area contributed by atoms with Crippen LogP contribution in [-0.4, -0.2) is 10.9 Å². The molecule has 0 atom stereocenters. The quantitative estimate of drug-likeness (QED) is 0.396. The van der Waals surface area contributed by atoms with Crippen molar-refractivity contribution in [2.75, 3.05) is 0 Å². The monoisotopic (exact) mass is 394 g/mol. The number of rotatable bonds is 5. The van der Waals surface area contributed by atoms with Crippen LogP contribution < -0.4 is 4.57 Å². The van der Waals surface area contributed by atoms with Crippen molar-refractivity contribution in [3.63, 3.8) is 0 Å². The second-order valence-corrected chi connectivity index (χ2v) is 6.60. The van der Waals surface area contributed by atoms with E-state index in [4.69, 9.17) is 0 Å². The Labute approximate surface area is 155 Å². The van der Waals surface area contributed by atoms with Crippen LogP contribution in [0.1, 0.15) is 21.5 Å². The normalized spacial score (nSPS) is 10.9. The van der Waals surface area contributed by atoms with E-state index < -0.39 is 0 Å². The van der Waals surface area contributed by atoms with E-state index in [-0.39, 0.29) is 11.5 Å². The van der Waals surface area contributed by atoms with E-state index in [2.05, 4.69) is 32.6 Å². The summed E-state index contributed by atoms with van der Waals surface area (Å²) in [7, 11) is 0. The largest absolute Gasteiger partial charge is 0.508 e. The van der Waals surface area contributed by atoms with E-state index in [1.807, 2.05) is 36.7 Å². The highest BCUT2D eigenvalue weighted by Gasteiger charge is 2.04. The van der Waals surface area contributed by atoms with Gasteiger partial charge in [-0.2, -0.15) is 0 Å². The van der Waals surface area contributed by atoms with E-state index in [9.17, 15) is 9.90 Å². The molecule has 1 aromatic heterocycles. The Balaban J connectivity index is 1.67. The summed E-state index contributed by atoms with van der Waals surface area (Å²) < 4.78 is 3.14. The highest BCUT2D eigenvalue weighted by atomic mass is 79.9. The molecule has 25 heavy (non-hydrogen) atoms. The van der Waals surface area contributed by atoms with Crippen molar-refractivity contribution in [2.45, 2.75) is 6.54 Å². The Morgan fingerprint density at radius 2 is 1.80 bits per heavy atom. The number of nitrogens with zero attached hydrogens (tertiary/aromatic N) is 1. The number of aromatic nitrogens is 1. The summed E-state index contributed by atoms with van der Waals surface area (Å²) in [4.78, 5) is 12.1. The molecule has 0 bridgehead atoms. The van der Waals surface area contributed by atoms with Gasteiger partial charge in [-0.1, -0.05) is 46.3 Å². The fourth-order valence-electron chi connectivity index (χ4n) is 2.46. The zero-order valence-electron chi connectivity index (χ0n) is 13.5. The Morgan fingerprint density at radius 3 is 2.52 bits per heavy atom. The number of hydrogen-bond acceptors (Lipinski definition) is 2. The Bertz CT molecular complexity index is 917. The first-order chi connectivity index (χ1) is 12.1. The topological polar surface area (TPSA) is 41.2 Å². The van der Waals surface area contributed by atoms with Crippen molar-refractivity contribution >= 4 is 27.8 Å². The fourth-order valence-corrected chi connectivity index (χ4v) is 2.91. The molecule has 0 spiro atoms. The van der Waals surface area contributed by atoms with Crippen molar-refractivity contribution in [1.29, 1.82) is 0 Å². The van der Waals surface area contributed by atoms with Crippen LogP contribution in [0.2, 0.25) is 0 Å². The molecule has 3 rings (SSSR count). The van der Waals surface area contributed by atoms with Gasteiger partial charge in [-0.15, -0.1) is 0 Å². The Morgan fingerprint density at radius 1 is 1.04 bits per heavy atom. The molecule has 0 amide bonds. The van der Waals surface area contributed by atoms with E-state index in [0.717, 1.165) is 16.6 Å². The molecule has 1 heterocycles. The summed E-state index contributed by atoms with van der Waals surface area (Å²) in [6, 6.07) is 18.5. The third-order valence-corrected chi connectivity index (χ3v) is 4.22. The Kier molecular flexibility index (Phi) is 5.41. The summed E-state index contributed by atoms with van der Waals surface area (Å²) in [6.07, 6.45) is 7.26. The van der Waals surface area contributed by atoms with Gasteiger partial charge in [0.1, 0.15) is 5.75 Å². The maximum atomic E-state index is 12.1. The molecule has 1 N–H and O–H groups in total. The molecule has 0 aliphatic heterocycles. The first kappa shape index (κ1) is 17.1. The molecule has 0 unspecified atom stereocenters. The molecular formula is C21H17BrNO2+. The molecule has 0 fully saturated rings. The van der Waals surface area contributed by atoms with Gasteiger partial charge in [0.25, 0.3) is 0 Å². The van der Waals surface area contributed by atoms with Crippen LogP contribution in [0.4, 0.5) is 0 Å². The summed E-state index contributed by atoms with van der Waals surface area (Å²) in [5.74, 6) is -0.0469. The van der Waals surface area contributed by atoms with Crippen molar-refractivity contribution < 1.29 is 14.5 Å². The van der Waals surface area contributed by atoms with Crippen molar-refractivity contribution in [3.05, 3.63) is 100 Å². The van der Waals surface area contributed by atoms with E-state index in [0.29, 0.717) is 5.56 Å². The van der Waals surface area contributed by atoms with Crippen LogP contribution in [-0.2, 0) is 6.54 Å². The van der Waals surface area contributed by atoms with Gasteiger partial charge >= 0.3 is 0 Å². The average Bonchev–Trinajstić information content (AvgIpc) is 2.61. The average molecular weight is 395 g/mol. The lowest BCUT2D eigenvalue weighted by Gasteiger charge is -1.99. The number of aromatic hydroxyl groups is 1. The van der Waals surface area contributed by atoms with Gasteiger partial charge in [0.2, 0.25) is 0 Å². The lowest BCUT2D eigenvalue weighted by Crippen LogP contribution is -2.33. The van der Waals surface area contributed by atoms with Crippen LogP contribution in [0.3, 0.4) is 0 Å². The van der Waals surface area contributed by atoms with Crippen LogP contribution in [0.15, 0.2) is 83.6 Å². The van der Waals surface area contributed by atoms with Crippen LogP contribution in [0, 0.1) is 0 Å².